The number of carboxylic acids is 1. The lowest BCUT2D eigenvalue weighted by molar-refractivity contribution is -0.133. The molecule has 1 aromatic carbocycles. The zero-order valence-corrected chi connectivity index (χ0v) is 10.7. The van der Waals surface area contributed by atoms with E-state index in [1.54, 1.807) is 0 Å². The molecule has 1 atom stereocenters. The fraction of sp³-hybridized carbons (Fsp3) is 0.385. The summed E-state index contributed by atoms with van der Waals surface area (Å²) in [7, 11) is 0. The van der Waals surface area contributed by atoms with Crippen LogP contribution in [-0.2, 0) is 11.2 Å². The molecule has 0 fully saturated rings. The van der Waals surface area contributed by atoms with Crippen molar-refractivity contribution < 1.29 is 9.90 Å². The molecule has 0 radical (unpaired) electrons. The van der Waals surface area contributed by atoms with Crippen LogP contribution in [0.25, 0.3) is 0 Å². The van der Waals surface area contributed by atoms with Crippen LogP contribution < -0.4 is 5.32 Å². The average Bonchev–Trinajstić information content (AvgIpc) is 2.37. The van der Waals surface area contributed by atoms with Gasteiger partial charge >= 0.3 is 5.97 Å². The molecule has 0 saturated carbocycles. The molecule has 0 bridgehead atoms. The van der Waals surface area contributed by atoms with Crippen LogP contribution in [0.5, 0.6) is 0 Å². The summed E-state index contributed by atoms with van der Waals surface area (Å²) in [4.78, 5) is 15.2. The molecule has 2 aliphatic rings. The molecule has 94 valence electrons. The second-order valence-corrected chi connectivity index (χ2v) is 5.49. The first-order valence-corrected chi connectivity index (χ1v) is 7.04. The Bertz CT molecular complexity index is 528. The Morgan fingerprint density at radius 3 is 3.28 bits per heavy atom. The van der Waals surface area contributed by atoms with Crippen molar-refractivity contribution in [3.8, 4) is 0 Å². The van der Waals surface area contributed by atoms with E-state index in [1.165, 1.54) is 22.9 Å². The average molecular weight is 262 g/mol. The van der Waals surface area contributed by atoms with Crippen molar-refractivity contribution in [1.29, 1.82) is 0 Å². The Balaban J connectivity index is 1.88. The number of anilines is 1. The Morgan fingerprint density at radius 2 is 2.44 bits per heavy atom. The molecule has 0 amide bonds. The van der Waals surface area contributed by atoms with Gasteiger partial charge in [-0.05, 0) is 30.9 Å². The summed E-state index contributed by atoms with van der Waals surface area (Å²) < 4.78 is 0. The van der Waals surface area contributed by atoms with E-state index < -0.39 is 5.97 Å². The maximum absolute atomic E-state index is 10.6. The Labute approximate surface area is 109 Å². The fourth-order valence-electron chi connectivity index (χ4n) is 2.59. The highest BCUT2D eigenvalue weighted by atomic mass is 32.2. The van der Waals surface area contributed by atoms with Gasteiger partial charge in [-0.2, -0.15) is 0 Å². The van der Waals surface area contributed by atoms with Crippen molar-refractivity contribution in [2.75, 3.05) is 11.1 Å². The first kappa shape index (κ1) is 11.6. The standard InChI is InChI=1S/C13H14N2O2S/c16-11(17)7-18-13-14-9-5-1-3-8-4-2-6-10(15-13)12(8)9/h1,3,5,10H,2,4,6-7H2,(H,14,15)(H,16,17). The summed E-state index contributed by atoms with van der Waals surface area (Å²) in [5, 5.41) is 12.7. The van der Waals surface area contributed by atoms with E-state index in [1.807, 2.05) is 12.1 Å². The lowest BCUT2D eigenvalue weighted by Crippen LogP contribution is -2.22. The van der Waals surface area contributed by atoms with Crippen LogP contribution in [0.15, 0.2) is 23.2 Å². The van der Waals surface area contributed by atoms with Gasteiger partial charge in [0.2, 0.25) is 0 Å². The molecule has 4 nitrogen and oxygen atoms in total. The highest BCUT2D eigenvalue weighted by molar-refractivity contribution is 8.14. The van der Waals surface area contributed by atoms with Gasteiger partial charge in [-0.1, -0.05) is 23.9 Å². The SMILES string of the molecule is O=C(O)CSC1=NC2CCCc3cccc(c32)N1. The lowest BCUT2D eigenvalue weighted by atomic mass is 9.86. The maximum Gasteiger partial charge on any atom is 0.313 e. The monoisotopic (exact) mass is 262 g/mol. The molecule has 3 rings (SSSR count). The molecule has 0 saturated heterocycles. The van der Waals surface area contributed by atoms with Crippen molar-refractivity contribution >= 4 is 28.6 Å². The zero-order valence-electron chi connectivity index (χ0n) is 9.85. The molecule has 0 aromatic heterocycles. The number of amidine groups is 1. The topological polar surface area (TPSA) is 61.7 Å². The number of aliphatic carboxylic acids is 1. The van der Waals surface area contributed by atoms with Crippen molar-refractivity contribution in [2.45, 2.75) is 25.3 Å². The Kier molecular flexibility index (Phi) is 2.99. The number of hydrogen-bond donors (Lipinski definition) is 2. The molecule has 1 aromatic rings. The molecule has 18 heavy (non-hydrogen) atoms. The second kappa shape index (κ2) is 4.65. The van der Waals surface area contributed by atoms with Gasteiger partial charge in [-0.3, -0.25) is 9.79 Å². The van der Waals surface area contributed by atoms with E-state index in [0.717, 1.165) is 30.1 Å². The summed E-state index contributed by atoms with van der Waals surface area (Å²) in [6, 6.07) is 6.47. The number of thioether (sulfide) groups is 1. The van der Waals surface area contributed by atoms with E-state index >= 15 is 0 Å². The van der Waals surface area contributed by atoms with E-state index in [4.69, 9.17) is 5.11 Å². The molecule has 1 heterocycles. The zero-order chi connectivity index (χ0) is 12.5. The number of nitrogens with zero attached hydrogens (tertiary/aromatic N) is 1. The second-order valence-electron chi connectivity index (χ2n) is 4.53. The van der Waals surface area contributed by atoms with Gasteiger partial charge in [0.05, 0.1) is 11.8 Å². The number of aliphatic imine (C=N–C) groups is 1. The molecule has 1 aliphatic carbocycles. The molecule has 0 spiro atoms. The summed E-state index contributed by atoms with van der Waals surface area (Å²) in [6.45, 7) is 0. The minimum atomic E-state index is -0.812. The normalized spacial score (nSPS) is 20.7. The predicted octanol–water partition coefficient (Wildman–Crippen LogP) is 2.66. The van der Waals surface area contributed by atoms with Crippen molar-refractivity contribution in [3.63, 3.8) is 0 Å². The molecule has 2 N–H and O–H groups in total. The van der Waals surface area contributed by atoms with Crippen LogP contribution in [0.4, 0.5) is 5.69 Å². The van der Waals surface area contributed by atoms with Gasteiger partial charge in [0.15, 0.2) is 5.17 Å². The van der Waals surface area contributed by atoms with Gasteiger partial charge in [-0.25, -0.2) is 0 Å². The lowest BCUT2D eigenvalue weighted by Gasteiger charge is -2.30. The number of carboxylic acid groups (broad SMARTS) is 1. The minimum Gasteiger partial charge on any atom is -0.481 e. The smallest absolute Gasteiger partial charge is 0.313 e. The number of rotatable bonds is 2. The fourth-order valence-corrected chi connectivity index (χ4v) is 3.23. The number of hydrogen-bond acceptors (Lipinski definition) is 4. The molecule has 5 heteroatoms. The van der Waals surface area contributed by atoms with Crippen LogP contribution in [0.2, 0.25) is 0 Å². The van der Waals surface area contributed by atoms with E-state index in [2.05, 4.69) is 16.4 Å². The molecule has 1 aliphatic heterocycles. The number of nitrogens with one attached hydrogen (secondary N) is 1. The maximum atomic E-state index is 10.6. The van der Waals surface area contributed by atoms with Crippen LogP contribution in [0, 0.1) is 0 Å². The molecule has 1 unspecified atom stereocenters. The van der Waals surface area contributed by atoms with Crippen molar-refractivity contribution in [2.24, 2.45) is 4.99 Å². The minimum absolute atomic E-state index is 0.0492. The Morgan fingerprint density at radius 1 is 1.56 bits per heavy atom. The summed E-state index contributed by atoms with van der Waals surface area (Å²) in [6.07, 6.45) is 3.33. The van der Waals surface area contributed by atoms with Crippen LogP contribution in [0.1, 0.15) is 30.0 Å². The largest absolute Gasteiger partial charge is 0.481 e. The van der Waals surface area contributed by atoms with Crippen LogP contribution >= 0.6 is 11.8 Å². The first-order chi connectivity index (χ1) is 8.74. The third kappa shape index (κ3) is 2.10. The summed E-state index contributed by atoms with van der Waals surface area (Å²) in [5.74, 6) is -0.763. The van der Waals surface area contributed by atoms with E-state index in [0.29, 0.717) is 0 Å². The van der Waals surface area contributed by atoms with Gasteiger partial charge in [0.1, 0.15) is 0 Å². The summed E-state index contributed by atoms with van der Waals surface area (Å²) in [5.41, 5.74) is 3.78. The van der Waals surface area contributed by atoms with Crippen LogP contribution in [-0.4, -0.2) is 22.0 Å². The highest BCUT2D eigenvalue weighted by Crippen LogP contribution is 2.40. The van der Waals surface area contributed by atoms with Gasteiger partial charge in [0, 0.05) is 11.3 Å². The van der Waals surface area contributed by atoms with Gasteiger partial charge in [0.25, 0.3) is 0 Å². The predicted molar refractivity (Wildman–Crippen MR) is 73.3 cm³/mol. The third-order valence-electron chi connectivity index (χ3n) is 3.30. The van der Waals surface area contributed by atoms with Crippen LogP contribution in [0.3, 0.4) is 0 Å². The van der Waals surface area contributed by atoms with Crippen molar-refractivity contribution in [3.05, 3.63) is 29.3 Å². The number of carbonyl (C=O) groups is 1. The number of aryl methyl sites for hydroxylation is 1. The molecular weight excluding hydrogens is 248 g/mol. The quantitative estimate of drug-likeness (QED) is 0.860. The van der Waals surface area contributed by atoms with Gasteiger partial charge < -0.3 is 10.4 Å². The first-order valence-electron chi connectivity index (χ1n) is 6.05. The van der Waals surface area contributed by atoms with E-state index in [9.17, 15) is 4.79 Å². The molecular formula is C13H14N2O2S. The summed E-state index contributed by atoms with van der Waals surface area (Å²) >= 11 is 1.26. The number of benzene rings is 1. The van der Waals surface area contributed by atoms with Gasteiger partial charge in [-0.15, -0.1) is 0 Å². The third-order valence-corrected chi connectivity index (χ3v) is 4.17. The Hall–Kier alpha value is -1.49. The van der Waals surface area contributed by atoms with Crippen molar-refractivity contribution in [1.82, 2.24) is 0 Å². The van der Waals surface area contributed by atoms with E-state index in [-0.39, 0.29) is 11.8 Å². The highest BCUT2D eigenvalue weighted by Gasteiger charge is 2.27.